The fourth-order valence-electron chi connectivity index (χ4n) is 3.59. The van der Waals surface area contributed by atoms with Crippen molar-refractivity contribution in [2.45, 2.75) is 39.0 Å². The van der Waals surface area contributed by atoms with Crippen LogP contribution in [0.1, 0.15) is 52.5 Å². The number of ether oxygens (including phenoxy) is 3. The second kappa shape index (κ2) is 8.69. The molecule has 1 aromatic heterocycles. The van der Waals surface area contributed by atoms with E-state index in [4.69, 9.17) is 14.2 Å². The molecule has 2 heterocycles. The molecule has 4 rings (SSSR count). The van der Waals surface area contributed by atoms with Crippen molar-refractivity contribution in [3.63, 3.8) is 0 Å². The summed E-state index contributed by atoms with van der Waals surface area (Å²) in [7, 11) is 0. The second-order valence-electron chi connectivity index (χ2n) is 6.92. The van der Waals surface area contributed by atoms with Gasteiger partial charge in [0.1, 0.15) is 5.00 Å². The molecule has 1 aliphatic carbocycles. The molecule has 1 N–H and O–H groups in total. The van der Waals surface area contributed by atoms with Crippen LogP contribution in [0.15, 0.2) is 24.3 Å². The Kier molecular flexibility index (Phi) is 5.85. The molecule has 1 amide bonds. The fourth-order valence-corrected chi connectivity index (χ4v) is 4.87. The lowest BCUT2D eigenvalue weighted by atomic mass is 10.1. The van der Waals surface area contributed by atoms with Crippen molar-refractivity contribution in [3.05, 3.63) is 45.8 Å². The van der Waals surface area contributed by atoms with Crippen molar-refractivity contribution in [2.75, 3.05) is 18.7 Å². The summed E-state index contributed by atoms with van der Waals surface area (Å²) in [5.41, 5.74) is 2.40. The number of hydrogen-bond donors (Lipinski definition) is 1. The maximum atomic E-state index is 12.6. The number of benzene rings is 1. The van der Waals surface area contributed by atoms with Gasteiger partial charge in [0.25, 0.3) is 0 Å². The number of anilines is 1. The highest BCUT2D eigenvalue weighted by molar-refractivity contribution is 7.17. The van der Waals surface area contributed by atoms with Crippen LogP contribution < -0.4 is 14.8 Å². The first-order chi connectivity index (χ1) is 14.2. The molecule has 0 bridgehead atoms. The van der Waals surface area contributed by atoms with Crippen LogP contribution in [0.2, 0.25) is 0 Å². The third kappa shape index (κ3) is 4.29. The first-order valence-electron chi connectivity index (χ1n) is 9.86. The third-order valence-electron chi connectivity index (χ3n) is 4.96. The molecule has 2 aromatic rings. The SMILES string of the molecule is CCOC(=O)c1c(NC(=O)/C=C/c2ccc3c(c2)OCO3)sc2c1CCCCC2. The highest BCUT2D eigenvalue weighted by atomic mass is 32.1. The molecule has 0 atom stereocenters. The number of aryl methyl sites for hydroxylation is 1. The van der Waals surface area contributed by atoms with Crippen molar-refractivity contribution in [3.8, 4) is 11.5 Å². The normalized spacial score (nSPS) is 15.1. The van der Waals surface area contributed by atoms with Crippen LogP contribution in [-0.2, 0) is 22.4 Å². The molecule has 7 heteroatoms. The molecule has 6 nitrogen and oxygen atoms in total. The Morgan fingerprint density at radius 3 is 2.86 bits per heavy atom. The van der Waals surface area contributed by atoms with Gasteiger partial charge in [-0.15, -0.1) is 11.3 Å². The number of carbonyl (C=O) groups excluding carboxylic acids is 2. The first-order valence-corrected chi connectivity index (χ1v) is 10.7. The molecular formula is C22H23NO5S. The van der Waals surface area contributed by atoms with E-state index in [1.54, 1.807) is 13.0 Å². The van der Waals surface area contributed by atoms with Crippen LogP contribution in [-0.4, -0.2) is 25.3 Å². The highest BCUT2D eigenvalue weighted by Crippen LogP contribution is 2.38. The first kappa shape index (κ1) is 19.5. The minimum absolute atomic E-state index is 0.211. The van der Waals surface area contributed by atoms with E-state index in [9.17, 15) is 9.59 Å². The van der Waals surface area contributed by atoms with E-state index in [1.807, 2.05) is 18.2 Å². The van der Waals surface area contributed by atoms with Crippen molar-refractivity contribution in [2.24, 2.45) is 0 Å². The minimum atomic E-state index is -0.359. The average Bonchev–Trinajstić information content (AvgIpc) is 3.24. The highest BCUT2D eigenvalue weighted by Gasteiger charge is 2.26. The topological polar surface area (TPSA) is 73.9 Å². The number of thiophene rings is 1. The largest absolute Gasteiger partial charge is 0.462 e. The number of nitrogens with one attached hydrogen (secondary N) is 1. The Morgan fingerprint density at radius 2 is 2.00 bits per heavy atom. The van der Waals surface area contributed by atoms with Crippen molar-refractivity contribution >= 4 is 34.3 Å². The van der Waals surface area contributed by atoms with Crippen molar-refractivity contribution in [1.82, 2.24) is 0 Å². The fraction of sp³-hybridized carbons (Fsp3) is 0.364. The van der Waals surface area contributed by atoms with Crippen molar-refractivity contribution in [1.29, 1.82) is 0 Å². The Labute approximate surface area is 173 Å². The molecular weight excluding hydrogens is 390 g/mol. The molecule has 1 aliphatic heterocycles. The van der Waals surface area contributed by atoms with Gasteiger partial charge in [0.15, 0.2) is 11.5 Å². The summed E-state index contributed by atoms with van der Waals surface area (Å²) in [5, 5.41) is 3.47. The standard InChI is InChI=1S/C22H23NO5S/c1-2-26-22(25)20-15-6-4-3-5-7-18(15)29-21(20)23-19(24)11-9-14-8-10-16-17(12-14)28-13-27-16/h8-12H,2-7,13H2,1H3,(H,23,24)/b11-9+. The summed E-state index contributed by atoms with van der Waals surface area (Å²) in [6, 6.07) is 5.49. The molecule has 0 unspecified atom stereocenters. The van der Waals surface area contributed by atoms with Gasteiger partial charge < -0.3 is 19.5 Å². The lowest BCUT2D eigenvalue weighted by Crippen LogP contribution is -2.13. The summed E-state index contributed by atoms with van der Waals surface area (Å²) >= 11 is 1.49. The van der Waals surface area contributed by atoms with Gasteiger partial charge in [-0.3, -0.25) is 4.79 Å². The average molecular weight is 413 g/mol. The number of esters is 1. The molecule has 0 radical (unpaired) electrons. The summed E-state index contributed by atoms with van der Waals surface area (Å²) < 4.78 is 15.9. The number of rotatable bonds is 5. The van der Waals surface area contributed by atoms with Gasteiger partial charge in [0.05, 0.1) is 12.2 Å². The quantitative estimate of drug-likeness (QED) is 0.441. The van der Waals surface area contributed by atoms with Gasteiger partial charge in [0.2, 0.25) is 12.7 Å². The van der Waals surface area contributed by atoms with Gasteiger partial charge in [-0.2, -0.15) is 0 Å². The van der Waals surface area contributed by atoms with Gasteiger partial charge in [-0.05, 0) is 61.9 Å². The molecule has 29 heavy (non-hydrogen) atoms. The molecule has 0 spiro atoms. The molecule has 0 saturated carbocycles. The van der Waals surface area contributed by atoms with Gasteiger partial charge in [0, 0.05) is 11.0 Å². The van der Waals surface area contributed by atoms with E-state index in [2.05, 4.69) is 5.32 Å². The van der Waals surface area contributed by atoms with Crippen LogP contribution in [0, 0.1) is 0 Å². The molecule has 152 valence electrons. The molecule has 0 saturated heterocycles. The zero-order chi connectivity index (χ0) is 20.2. The van der Waals surface area contributed by atoms with E-state index in [0.29, 0.717) is 28.7 Å². The number of fused-ring (bicyclic) bond motifs is 2. The zero-order valence-electron chi connectivity index (χ0n) is 16.3. The number of carbonyl (C=O) groups is 2. The van der Waals surface area contributed by atoms with E-state index in [-0.39, 0.29) is 18.7 Å². The Bertz CT molecular complexity index is 962. The van der Waals surface area contributed by atoms with Gasteiger partial charge in [-0.25, -0.2) is 4.79 Å². The number of hydrogen-bond acceptors (Lipinski definition) is 6. The third-order valence-corrected chi connectivity index (χ3v) is 6.17. The van der Waals surface area contributed by atoms with E-state index >= 15 is 0 Å². The molecule has 1 aromatic carbocycles. The Hall–Kier alpha value is -2.80. The Morgan fingerprint density at radius 1 is 1.17 bits per heavy atom. The van der Waals surface area contributed by atoms with Crippen LogP contribution in [0.3, 0.4) is 0 Å². The minimum Gasteiger partial charge on any atom is -0.462 e. The maximum Gasteiger partial charge on any atom is 0.341 e. The summed E-state index contributed by atoms with van der Waals surface area (Å²) in [5.74, 6) is 0.719. The molecule has 2 aliphatic rings. The smallest absolute Gasteiger partial charge is 0.341 e. The lowest BCUT2D eigenvalue weighted by molar-refractivity contribution is -0.111. The summed E-state index contributed by atoms with van der Waals surface area (Å²) in [6.07, 6.45) is 8.26. The molecule has 0 fully saturated rings. The monoisotopic (exact) mass is 413 g/mol. The van der Waals surface area contributed by atoms with Crippen LogP contribution in [0.4, 0.5) is 5.00 Å². The maximum absolute atomic E-state index is 12.6. The van der Waals surface area contributed by atoms with E-state index in [0.717, 1.165) is 43.2 Å². The predicted octanol–water partition coefficient (Wildman–Crippen LogP) is 4.57. The van der Waals surface area contributed by atoms with Crippen LogP contribution in [0.25, 0.3) is 6.08 Å². The van der Waals surface area contributed by atoms with Crippen LogP contribution in [0.5, 0.6) is 11.5 Å². The van der Waals surface area contributed by atoms with Gasteiger partial charge in [-0.1, -0.05) is 12.5 Å². The zero-order valence-corrected chi connectivity index (χ0v) is 17.1. The van der Waals surface area contributed by atoms with Crippen molar-refractivity contribution < 1.29 is 23.8 Å². The Balaban J connectivity index is 1.53. The van der Waals surface area contributed by atoms with Crippen LogP contribution >= 0.6 is 11.3 Å². The summed E-state index contributed by atoms with van der Waals surface area (Å²) in [4.78, 5) is 26.3. The van der Waals surface area contributed by atoms with Gasteiger partial charge >= 0.3 is 5.97 Å². The van der Waals surface area contributed by atoms with E-state index < -0.39 is 0 Å². The number of amides is 1. The predicted molar refractivity (Wildman–Crippen MR) is 112 cm³/mol. The second-order valence-corrected chi connectivity index (χ2v) is 8.03. The summed E-state index contributed by atoms with van der Waals surface area (Å²) in [6.45, 7) is 2.30. The lowest BCUT2D eigenvalue weighted by Gasteiger charge is -2.07. The van der Waals surface area contributed by atoms with E-state index in [1.165, 1.54) is 22.3 Å².